The minimum absolute atomic E-state index is 0.0344. The molecule has 1 N–H and O–H groups in total. The first-order valence-electron chi connectivity index (χ1n) is 4.62. The van der Waals surface area contributed by atoms with Crippen molar-refractivity contribution in [1.29, 1.82) is 0 Å². The second kappa shape index (κ2) is 3.64. The van der Waals surface area contributed by atoms with Gasteiger partial charge in [-0.15, -0.1) is 0 Å². The van der Waals surface area contributed by atoms with E-state index >= 15 is 0 Å². The Bertz CT molecular complexity index is 208. The van der Waals surface area contributed by atoms with Crippen molar-refractivity contribution in [3.8, 4) is 0 Å². The van der Waals surface area contributed by atoms with Crippen LogP contribution in [0.2, 0.25) is 0 Å². The van der Waals surface area contributed by atoms with Gasteiger partial charge in [0.25, 0.3) is 0 Å². The summed E-state index contributed by atoms with van der Waals surface area (Å²) in [5.74, 6) is 0.0344. The van der Waals surface area contributed by atoms with Gasteiger partial charge in [0.05, 0.1) is 6.04 Å². The third-order valence-corrected chi connectivity index (χ3v) is 2.71. The van der Waals surface area contributed by atoms with E-state index in [1.54, 1.807) is 11.8 Å². The van der Waals surface area contributed by atoms with Crippen LogP contribution in [0.4, 0.5) is 0 Å². The Morgan fingerprint density at radius 2 is 2.00 bits per heavy atom. The largest absolute Gasteiger partial charge is 0.376 e. The van der Waals surface area contributed by atoms with E-state index in [-0.39, 0.29) is 18.0 Å². The van der Waals surface area contributed by atoms with Crippen LogP contribution >= 0.6 is 0 Å². The summed E-state index contributed by atoms with van der Waals surface area (Å²) in [4.78, 5) is 14.9. The van der Waals surface area contributed by atoms with Gasteiger partial charge in [-0.2, -0.15) is 0 Å². The Labute approximate surface area is 79.1 Å². The molecule has 1 amide bonds. The topological polar surface area (TPSA) is 43.8 Å². The van der Waals surface area contributed by atoms with Crippen molar-refractivity contribution in [2.24, 2.45) is 0 Å². The molecule has 0 aromatic carbocycles. The number of carbonyl (C=O) groups is 1. The van der Waals surface area contributed by atoms with E-state index in [2.05, 4.69) is 0 Å². The van der Waals surface area contributed by atoms with Crippen molar-refractivity contribution in [3.05, 3.63) is 0 Å². The Balaban J connectivity index is 2.79. The summed E-state index contributed by atoms with van der Waals surface area (Å²) in [5.41, 5.74) is 0. The maximum atomic E-state index is 11.3. The molecule has 76 valence electrons. The standard InChI is InChI=1S/C9H18N2O2/c1-6-5-10(4)9(13)7(2)11(6)8(3)12/h6-7,9,13H,5H2,1-4H3. The number of nitrogens with zero attached hydrogens (tertiary/aromatic N) is 2. The number of rotatable bonds is 0. The summed E-state index contributed by atoms with van der Waals surface area (Å²) in [6.45, 7) is 6.15. The van der Waals surface area contributed by atoms with Crippen LogP contribution in [0.15, 0.2) is 0 Å². The van der Waals surface area contributed by atoms with Crippen molar-refractivity contribution >= 4 is 5.91 Å². The first-order chi connectivity index (χ1) is 5.95. The molecule has 0 bridgehead atoms. The number of piperazine rings is 1. The molecule has 0 saturated carbocycles. The minimum atomic E-state index is -0.542. The number of amides is 1. The highest BCUT2D eigenvalue weighted by atomic mass is 16.3. The second-order valence-electron chi connectivity index (χ2n) is 3.87. The molecule has 1 rings (SSSR count). The van der Waals surface area contributed by atoms with Gasteiger partial charge in [-0.05, 0) is 20.9 Å². The maximum Gasteiger partial charge on any atom is 0.220 e. The molecule has 1 heterocycles. The summed E-state index contributed by atoms with van der Waals surface area (Å²) in [5, 5.41) is 9.72. The molecule has 3 atom stereocenters. The summed E-state index contributed by atoms with van der Waals surface area (Å²) in [6.07, 6.45) is -0.542. The summed E-state index contributed by atoms with van der Waals surface area (Å²) in [6, 6.07) is 0.0622. The number of aliphatic hydroxyl groups is 1. The Hall–Kier alpha value is -0.610. The first kappa shape index (κ1) is 10.5. The highest BCUT2D eigenvalue weighted by molar-refractivity contribution is 5.74. The van der Waals surface area contributed by atoms with Crippen LogP contribution < -0.4 is 0 Å². The zero-order valence-corrected chi connectivity index (χ0v) is 8.69. The molecule has 1 fully saturated rings. The van der Waals surface area contributed by atoms with E-state index in [1.807, 2.05) is 25.8 Å². The zero-order valence-electron chi connectivity index (χ0n) is 8.69. The van der Waals surface area contributed by atoms with E-state index in [4.69, 9.17) is 0 Å². The molecule has 1 saturated heterocycles. The highest BCUT2D eigenvalue weighted by Crippen LogP contribution is 2.18. The molecule has 1 aliphatic rings. The van der Waals surface area contributed by atoms with Crippen molar-refractivity contribution in [2.45, 2.75) is 39.1 Å². The van der Waals surface area contributed by atoms with Crippen LogP contribution in [0.3, 0.4) is 0 Å². The number of hydrogen-bond donors (Lipinski definition) is 1. The summed E-state index contributed by atoms with van der Waals surface area (Å²) in [7, 11) is 1.87. The van der Waals surface area contributed by atoms with E-state index in [9.17, 15) is 9.90 Å². The van der Waals surface area contributed by atoms with Gasteiger partial charge < -0.3 is 10.0 Å². The smallest absolute Gasteiger partial charge is 0.220 e. The summed E-state index contributed by atoms with van der Waals surface area (Å²) >= 11 is 0. The maximum absolute atomic E-state index is 11.3. The van der Waals surface area contributed by atoms with E-state index in [0.717, 1.165) is 6.54 Å². The fraction of sp³-hybridized carbons (Fsp3) is 0.889. The SMILES string of the molecule is CC(=O)N1C(C)CN(C)C(O)C1C. The number of hydrogen-bond acceptors (Lipinski definition) is 3. The quantitative estimate of drug-likeness (QED) is 0.573. The van der Waals surface area contributed by atoms with Crippen LogP contribution in [-0.4, -0.2) is 52.7 Å². The van der Waals surface area contributed by atoms with Crippen molar-refractivity contribution in [3.63, 3.8) is 0 Å². The third kappa shape index (κ3) is 1.84. The average Bonchev–Trinajstić information content (AvgIpc) is 1.99. The van der Waals surface area contributed by atoms with Crippen LogP contribution in [-0.2, 0) is 4.79 Å². The fourth-order valence-corrected chi connectivity index (χ4v) is 2.12. The van der Waals surface area contributed by atoms with Crippen molar-refractivity contribution in [1.82, 2.24) is 9.80 Å². The van der Waals surface area contributed by atoms with Gasteiger partial charge >= 0.3 is 0 Å². The van der Waals surface area contributed by atoms with E-state index < -0.39 is 6.23 Å². The lowest BCUT2D eigenvalue weighted by Gasteiger charge is -2.46. The van der Waals surface area contributed by atoms with Crippen molar-refractivity contribution in [2.75, 3.05) is 13.6 Å². The van der Waals surface area contributed by atoms with Crippen LogP contribution in [0.1, 0.15) is 20.8 Å². The predicted octanol–water partition coefficient (Wildman–Crippen LogP) is -0.124. The molecular formula is C9H18N2O2. The molecule has 0 radical (unpaired) electrons. The molecule has 0 aromatic rings. The van der Waals surface area contributed by atoms with E-state index in [1.165, 1.54) is 0 Å². The Kier molecular flexibility index (Phi) is 2.93. The highest BCUT2D eigenvalue weighted by Gasteiger charge is 2.35. The van der Waals surface area contributed by atoms with Crippen LogP contribution in [0, 0.1) is 0 Å². The molecule has 3 unspecified atom stereocenters. The Morgan fingerprint density at radius 3 is 2.46 bits per heavy atom. The monoisotopic (exact) mass is 186 g/mol. The first-order valence-corrected chi connectivity index (χ1v) is 4.62. The molecule has 0 aliphatic carbocycles. The van der Waals surface area contributed by atoms with Crippen molar-refractivity contribution < 1.29 is 9.90 Å². The van der Waals surface area contributed by atoms with Gasteiger partial charge in [0.2, 0.25) is 5.91 Å². The van der Waals surface area contributed by atoms with E-state index in [0.29, 0.717) is 0 Å². The molecule has 1 aliphatic heterocycles. The summed E-state index contributed by atoms with van der Waals surface area (Å²) < 4.78 is 0. The van der Waals surface area contributed by atoms with Crippen LogP contribution in [0.5, 0.6) is 0 Å². The lowest BCUT2D eigenvalue weighted by molar-refractivity contribution is -0.150. The number of carbonyl (C=O) groups excluding carboxylic acids is 1. The molecule has 4 heteroatoms. The lowest BCUT2D eigenvalue weighted by atomic mass is 10.1. The molecule has 4 nitrogen and oxygen atoms in total. The molecule has 0 spiro atoms. The van der Waals surface area contributed by atoms with Gasteiger partial charge in [0.1, 0.15) is 6.23 Å². The lowest BCUT2D eigenvalue weighted by Crippen LogP contribution is -2.62. The van der Waals surface area contributed by atoms with Gasteiger partial charge in [0, 0.05) is 19.5 Å². The average molecular weight is 186 g/mol. The number of likely N-dealkylation sites (N-methyl/N-ethyl adjacent to an activating group) is 1. The van der Waals surface area contributed by atoms with Gasteiger partial charge in [-0.3, -0.25) is 9.69 Å². The minimum Gasteiger partial charge on any atom is -0.376 e. The van der Waals surface area contributed by atoms with Crippen LogP contribution in [0.25, 0.3) is 0 Å². The molecule has 13 heavy (non-hydrogen) atoms. The molecule has 0 aromatic heterocycles. The van der Waals surface area contributed by atoms with Gasteiger partial charge in [-0.25, -0.2) is 0 Å². The second-order valence-corrected chi connectivity index (χ2v) is 3.87. The normalized spacial score (nSPS) is 36.4. The molecular weight excluding hydrogens is 168 g/mol. The Morgan fingerprint density at radius 1 is 1.46 bits per heavy atom. The van der Waals surface area contributed by atoms with Gasteiger partial charge in [0.15, 0.2) is 0 Å². The fourth-order valence-electron chi connectivity index (χ4n) is 2.12. The van der Waals surface area contributed by atoms with Gasteiger partial charge in [-0.1, -0.05) is 0 Å². The zero-order chi connectivity index (χ0) is 10.2. The number of aliphatic hydroxyl groups excluding tert-OH is 1. The third-order valence-electron chi connectivity index (χ3n) is 2.71. The predicted molar refractivity (Wildman–Crippen MR) is 50.1 cm³/mol.